The Bertz CT molecular complexity index is 608. The number of nitrogens with one attached hydrogen (secondary N) is 1. The van der Waals surface area contributed by atoms with E-state index in [9.17, 15) is 8.42 Å². The van der Waals surface area contributed by atoms with Crippen LogP contribution in [0.1, 0.15) is 24.0 Å². The number of anilines is 1. The molecule has 1 unspecified atom stereocenters. The van der Waals surface area contributed by atoms with Crippen molar-refractivity contribution < 1.29 is 13.2 Å². The van der Waals surface area contributed by atoms with Crippen LogP contribution in [0.5, 0.6) is 0 Å². The minimum absolute atomic E-state index is 0.0439. The summed E-state index contributed by atoms with van der Waals surface area (Å²) in [5.41, 5.74) is 7.51. The third-order valence-electron chi connectivity index (χ3n) is 3.21. The molecule has 2 rings (SSSR count). The highest BCUT2D eigenvalue weighted by Gasteiger charge is 2.24. The van der Waals surface area contributed by atoms with Crippen molar-refractivity contribution in [3.05, 3.63) is 29.3 Å². The standard InChI is InChI=1S/C13H18N2O3S2/c1-9-4-2-6-11(12(9)13(14)19)15-20(16,17)8-10-5-3-7-18-10/h2,4,6,10,15H,3,5,7-8H2,1H3,(H2,14,19). The quantitative estimate of drug-likeness (QED) is 0.806. The van der Waals surface area contributed by atoms with E-state index in [4.69, 9.17) is 22.7 Å². The van der Waals surface area contributed by atoms with E-state index in [1.165, 1.54) is 0 Å². The first-order valence-electron chi connectivity index (χ1n) is 6.40. The minimum atomic E-state index is -3.48. The molecule has 1 saturated heterocycles. The summed E-state index contributed by atoms with van der Waals surface area (Å²) < 4.78 is 32.3. The number of sulfonamides is 1. The average Bonchev–Trinajstić information content (AvgIpc) is 2.79. The fourth-order valence-corrected chi connectivity index (χ4v) is 3.92. The molecule has 0 aliphatic carbocycles. The largest absolute Gasteiger partial charge is 0.389 e. The molecule has 0 radical (unpaired) electrons. The number of thiocarbonyl (C=S) groups is 1. The van der Waals surface area contributed by atoms with E-state index in [-0.39, 0.29) is 16.8 Å². The zero-order chi connectivity index (χ0) is 14.8. The molecule has 3 N–H and O–H groups in total. The van der Waals surface area contributed by atoms with Crippen LogP contribution in [0.25, 0.3) is 0 Å². The van der Waals surface area contributed by atoms with Gasteiger partial charge in [0.2, 0.25) is 10.0 Å². The zero-order valence-corrected chi connectivity index (χ0v) is 12.9. The Morgan fingerprint density at radius 1 is 1.55 bits per heavy atom. The van der Waals surface area contributed by atoms with Gasteiger partial charge in [-0.15, -0.1) is 0 Å². The van der Waals surface area contributed by atoms with Crippen molar-refractivity contribution in [2.24, 2.45) is 5.73 Å². The Hall–Kier alpha value is -1.18. The molecule has 0 saturated carbocycles. The van der Waals surface area contributed by atoms with Crippen molar-refractivity contribution in [2.75, 3.05) is 17.1 Å². The molecule has 1 fully saturated rings. The third-order valence-corrected chi connectivity index (χ3v) is 4.76. The molecule has 1 aliphatic heterocycles. The van der Waals surface area contributed by atoms with E-state index >= 15 is 0 Å². The number of rotatable bonds is 5. The number of nitrogens with two attached hydrogens (primary N) is 1. The van der Waals surface area contributed by atoms with Crippen molar-refractivity contribution in [3.63, 3.8) is 0 Å². The predicted octanol–water partition coefficient (Wildman–Crippen LogP) is 1.55. The van der Waals surface area contributed by atoms with Gasteiger partial charge in [-0.25, -0.2) is 8.42 Å². The number of aryl methyl sites for hydroxylation is 1. The summed E-state index contributed by atoms with van der Waals surface area (Å²) in [4.78, 5) is 0.179. The van der Waals surface area contributed by atoms with Crippen molar-refractivity contribution in [2.45, 2.75) is 25.9 Å². The molecule has 110 valence electrons. The molecule has 1 aromatic carbocycles. The van der Waals surface area contributed by atoms with Gasteiger partial charge in [0.25, 0.3) is 0 Å². The maximum absolute atomic E-state index is 12.2. The molecular weight excluding hydrogens is 296 g/mol. The first-order valence-corrected chi connectivity index (χ1v) is 8.46. The summed E-state index contributed by atoms with van der Waals surface area (Å²) in [7, 11) is -3.48. The van der Waals surface area contributed by atoms with Crippen LogP contribution in [-0.2, 0) is 14.8 Å². The van der Waals surface area contributed by atoms with E-state index < -0.39 is 10.0 Å². The predicted molar refractivity (Wildman–Crippen MR) is 83.4 cm³/mol. The normalized spacial score (nSPS) is 18.9. The smallest absolute Gasteiger partial charge is 0.235 e. The molecule has 0 bridgehead atoms. The summed E-state index contributed by atoms with van der Waals surface area (Å²) in [5.74, 6) is -0.0439. The third kappa shape index (κ3) is 3.68. The van der Waals surface area contributed by atoms with Crippen molar-refractivity contribution in [1.82, 2.24) is 0 Å². The highest BCUT2D eigenvalue weighted by Crippen LogP contribution is 2.22. The number of hydrogen-bond acceptors (Lipinski definition) is 4. The Morgan fingerprint density at radius 3 is 2.90 bits per heavy atom. The zero-order valence-electron chi connectivity index (χ0n) is 11.3. The van der Waals surface area contributed by atoms with Gasteiger partial charge in [0, 0.05) is 12.2 Å². The van der Waals surface area contributed by atoms with Crippen LogP contribution in [0.15, 0.2) is 18.2 Å². The Labute approximate surface area is 124 Å². The van der Waals surface area contributed by atoms with Crippen molar-refractivity contribution >= 4 is 32.9 Å². The monoisotopic (exact) mass is 314 g/mol. The van der Waals surface area contributed by atoms with Crippen LogP contribution in [0, 0.1) is 6.92 Å². The SMILES string of the molecule is Cc1cccc(NS(=O)(=O)CC2CCCO2)c1C(N)=S. The average molecular weight is 314 g/mol. The van der Waals surface area contributed by atoms with Crippen LogP contribution in [0.2, 0.25) is 0 Å². The van der Waals surface area contributed by atoms with Gasteiger partial charge in [0.15, 0.2) is 0 Å². The molecule has 1 aliphatic rings. The lowest BCUT2D eigenvalue weighted by Crippen LogP contribution is -2.27. The van der Waals surface area contributed by atoms with Crippen LogP contribution in [-0.4, -0.2) is 31.9 Å². The van der Waals surface area contributed by atoms with Gasteiger partial charge >= 0.3 is 0 Å². The fraction of sp³-hybridized carbons (Fsp3) is 0.462. The van der Waals surface area contributed by atoms with Gasteiger partial charge in [-0.3, -0.25) is 4.72 Å². The maximum Gasteiger partial charge on any atom is 0.235 e. The van der Waals surface area contributed by atoms with E-state index in [1.807, 2.05) is 13.0 Å². The molecule has 5 nitrogen and oxygen atoms in total. The van der Waals surface area contributed by atoms with Gasteiger partial charge in [-0.1, -0.05) is 24.4 Å². The highest BCUT2D eigenvalue weighted by molar-refractivity contribution is 7.92. The fourth-order valence-electron chi connectivity index (χ4n) is 2.31. The highest BCUT2D eigenvalue weighted by atomic mass is 32.2. The Balaban J connectivity index is 2.20. The van der Waals surface area contributed by atoms with Crippen LogP contribution in [0.3, 0.4) is 0 Å². The topological polar surface area (TPSA) is 81.4 Å². The van der Waals surface area contributed by atoms with E-state index in [0.717, 1.165) is 18.4 Å². The molecule has 7 heteroatoms. The molecule has 1 aromatic rings. The number of benzene rings is 1. The van der Waals surface area contributed by atoms with Gasteiger partial charge in [0.05, 0.1) is 17.5 Å². The first kappa shape index (κ1) is 15.2. The van der Waals surface area contributed by atoms with E-state index in [2.05, 4.69) is 4.72 Å². The maximum atomic E-state index is 12.2. The summed E-state index contributed by atoms with van der Waals surface area (Å²) in [5, 5.41) is 0. The second-order valence-electron chi connectivity index (χ2n) is 4.88. The summed E-state index contributed by atoms with van der Waals surface area (Å²) in [6, 6.07) is 5.27. The molecule has 0 aromatic heterocycles. The van der Waals surface area contributed by atoms with E-state index in [0.29, 0.717) is 17.9 Å². The number of hydrogen-bond donors (Lipinski definition) is 2. The molecule has 1 atom stereocenters. The number of ether oxygens (including phenoxy) is 1. The Morgan fingerprint density at radius 2 is 2.30 bits per heavy atom. The van der Waals surface area contributed by atoms with E-state index in [1.54, 1.807) is 12.1 Å². The molecule has 0 amide bonds. The first-order chi connectivity index (χ1) is 9.39. The summed E-state index contributed by atoms with van der Waals surface area (Å²) >= 11 is 4.99. The molecule has 0 spiro atoms. The van der Waals surface area contributed by atoms with Crippen molar-refractivity contribution in [3.8, 4) is 0 Å². The van der Waals surface area contributed by atoms with Crippen molar-refractivity contribution in [1.29, 1.82) is 0 Å². The second kappa shape index (κ2) is 6.07. The molecule has 1 heterocycles. The molecular formula is C13H18N2O3S2. The van der Waals surface area contributed by atoms with Gasteiger partial charge < -0.3 is 10.5 Å². The summed E-state index contributed by atoms with van der Waals surface area (Å²) in [6.45, 7) is 2.47. The Kier molecular flexibility index (Phi) is 4.62. The van der Waals surface area contributed by atoms with Gasteiger partial charge in [-0.2, -0.15) is 0 Å². The van der Waals surface area contributed by atoms with Gasteiger partial charge in [0.1, 0.15) is 4.99 Å². The molecule has 20 heavy (non-hydrogen) atoms. The van der Waals surface area contributed by atoms with Crippen LogP contribution >= 0.6 is 12.2 Å². The lowest BCUT2D eigenvalue weighted by molar-refractivity contribution is 0.127. The summed E-state index contributed by atoms with van der Waals surface area (Å²) in [6.07, 6.45) is 1.45. The lowest BCUT2D eigenvalue weighted by atomic mass is 10.1. The lowest BCUT2D eigenvalue weighted by Gasteiger charge is -2.15. The van der Waals surface area contributed by atoms with Crippen LogP contribution in [0.4, 0.5) is 5.69 Å². The second-order valence-corrected chi connectivity index (χ2v) is 7.09. The minimum Gasteiger partial charge on any atom is -0.389 e. The van der Waals surface area contributed by atoms with Crippen LogP contribution < -0.4 is 10.5 Å². The van der Waals surface area contributed by atoms with Gasteiger partial charge in [-0.05, 0) is 31.4 Å².